The van der Waals surface area contributed by atoms with E-state index in [4.69, 9.17) is 0 Å². The molecule has 2 atom stereocenters. The van der Waals surface area contributed by atoms with E-state index in [1.807, 2.05) is 50.5 Å². The predicted molar refractivity (Wildman–Crippen MR) is 127 cm³/mol. The van der Waals surface area contributed by atoms with Gasteiger partial charge in [0.15, 0.2) is 0 Å². The minimum atomic E-state index is -0.294. The summed E-state index contributed by atoms with van der Waals surface area (Å²) in [6.07, 6.45) is 6.55. The van der Waals surface area contributed by atoms with Gasteiger partial charge >= 0.3 is 0 Å². The van der Waals surface area contributed by atoms with Crippen molar-refractivity contribution in [2.75, 3.05) is 26.0 Å². The van der Waals surface area contributed by atoms with Crippen molar-refractivity contribution in [2.45, 2.75) is 12.3 Å². The van der Waals surface area contributed by atoms with Crippen molar-refractivity contribution in [1.29, 1.82) is 0 Å². The first kappa shape index (κ1) is 20.2. The third kappa shape index (κ3) is 3.83. The maximum atomic E-state index is 12.9. The molecule has 7 nitrogen and oxygen atoms in total. The van der Waals surface area contributed by atoms with Crippen LogP contribution in [0.25, 0.3) is 17.0 Å². The number of hydrogen-bond acceptors (Lipinski definition) is 4. The van der Waals surface area contributed by atoms with Crippen molar-refractivity contribution >= 4 is 40.7 Å². The number of nitrogens with one attached hydrogen (secondary N) is 3. The molecule has 2 aromatic carbocycles. The fourth-order valence-corrected chi connectivity index (χ4v) is 4.28. The second-order valence-electron chi connectivity index (χ2n) is 8.61. The van der Waals surface area contributed by atoms with Gasteiger partial charge in [-0.1, -0.05) is 36.4 Å². The van der Waals surface area contributed by atoms with Gasteiger partial charge in [0.05, 0.1) is 11.8 Å². The van der Waals surface area contributed by atoms with Gasteiger partial charge in [-0.3, -0.25) is 9.59 Å². The number of aromatic nitrogens is 1. The topological polar surface area (TPSA) is 89.6 Å². The van der Waals surface area contributed by atoms with Gasteiger partial charge in [0, 0.05) is 40.3 Å². The highest BCUT2D eigenvalue weighted by Crippen LogP contribution is 2.48. The highest BCUT2D eigenvalue weighted by molar-refractivity contribution is 6.17. The maximum absolute atomic E-state index is 12.9. The number of carbonyl (C=O) groups excluding carboxylic acids is 2. The van der Waals surface area contributed by atoms with Crippen LogP contribution < -0.4 is 10.7 Å². The van der Waals surface area contributed by atoms with Gasteiger partial charge in [-0.05, 0) is 50.2 Å². The Morgan fingerprint density at radius 2 is 2.06 bits per heavy atom. The molecule has 3 aromatic rings. The summed E-state index contributed by atoms with van der Waals surface area (Å²) in [4.78, 5) is 31.0. The molecule has 2 heterocycles. The molecule has 1 saturated carbocycles. The number of anilines is 1. The van der Waals surface area contributed by atoms with Gasteiger partial charge in [0.2, 0.25) is 5.91 Å². The van der Waals surface area contributed by atoms with E-state index in [1.165, 1.54) is 5.56 Å². The van der Waals surface area contributed by atoms with Crippen molar-refractivity contribution in [2.24, 2.45) is 11.0 Å². The molecule has 0 saturated heterocycles. The number of rotatable bonds is 6. The Bertz CT molecular complexity index is 1260. The molecule has 3 N–H and O–H groups in total. The summed E-state index contributed by atoms with van der Waals surface area (Å²) in [5, 5.41) is 7.89. The molecule has 5 rings (SSSR count). The number of aromatic amines is 1. The van der Waals surface area contributed by atoms with E-state index in [9.17, 15) is 9.59 Å². The summed E-state index contributed by atoms with van der Waals surface area (Å²) >= 11 is 0. The fourth-order valence-electron chi connectivity index (χ4n) is 4.28. The smallest absolute Gasteiger partial charge is 0.272 e. The Labute approximate surface area is 186 Å². The third-order valence-corrected chi connectivity index (χ3v) is 5.95. The molecule has 1 aliphatic carbocycles. The average molecular weight is 428 g/mol. The van der Waals surface area contributed by atoms with Crippen molar-refractivity contribution in [3.8, 4) is 0 Å². The molecule has 7 heteroatoms. The Morgan fingerprint density at radius 1 is 1.25 bits per heavy atom. The first-order chi connectivity index (χ1) is 15.5. The van der Waals surface area contributed by atoms with E-state index in [0.717, 1.165) is 35.1 Å². The number of carbonyl (C=O) groups is 2. The molecule has 32 heavy (non-hydrogen) atoms. The molecule has 0 bridgehead atoms. The molecule has 0 radical (unpaired) electrons. The lowest BCUT2D eigenvalue weighted by Crippen LogP contribution is -2.18. The summed E-state index contributed by atoms with van der Waals surface area (Å²) in [7, 11) is 4.01. The summed E-state index contributed by atoms with van der Waals surface area (Å²) in [6, 6.07) is 13.7. The average Bonchev–Trinajstić information content (AvgIpc) is 3.53. The number of amides is 2. The lowest BCUT2D eigenvalue weighted by molar-refractivity contribution is -0.117. The van der Waals surface area contributed by atoms with Crippen LogP contribution in [0, 0.1) is 5.92 Å². The van der Waals surface area contributed by atoms with Crippen molar-refractivity contribution < 1.29 is 9.59 Å². The van der Waals surface area contributed by atoms with Crippen LogP contribution in [0.5, 0.6) is 0 Å². The fraction of sp³-hybridized carbons (Fsp3) is 0.240. The highest BCUT2D eigenvalue weighted by Gasteiger charge is 2.43. The number of benzene rings is 2. The van der Waals surface area contributed by atoms with E-state index in [2.05, 4.69) is 37.9 Å². The largest absolute Gasteiger partial charge is 0.354 e. The van der Waals surface area contributed by atoms with Crippen molar-refractivity contribution in [3.63, 3.8) is 0 Å². The van der Waals surface area contributed by atoms with Gasteiger partial charge in [0.25, 0.3) is 5.91 Å². The van der Waals surface area contributed by atoms with Crippen LogP contribution in [0.3, 0.4) is 0 Å². The Hall–Kier alpha value is -3.71. The Morgan fingerprint density at radius 3 is 2.84 bits per heavy atom. The highest BCUT2D eigenvalue weighted by atomic mass is 16.2. The number of H-pyrrole nitrogens is 1. The van der Waals surface area contributed by atoms with Crippen LogP contribution in [-0.2, 0) is 4.79 Å². The van der Waals surface area contributed by atoms with E-state index in [1.54, 1.807) is 12.3 Å². The zero-order chi connectivity index (χ0) is 22.2. The normalized spacial score (nSPS) is 19.4. The van der Waals surface area contributed by atoms with Crippen LogP contribution in [0.4, 0.5) is 5.69 Å². The maximum Gasteiger partial charge on any atom is 0.272 e. The molecular weight excluding hydrogens is 402 g/mol. The number of nitrogens with zero attached hydrogens (tertiary/aromatic N) is 2. The first-order valence-corrected chi connectivity index (χ1v) is 10.7. The monoisotopic (exact) mass is 427 g/mol. The molecule has 2 unspecified atom stereocenters. The molecule has 2 aliphatic rings. The zero-order valence-corrected chi connectivity index (χ0v) is 18.1. The quantitative estimate of drug-likeness (QED) is 0.562. The lowest BCUT2D eigenvalue weighted by Gasteiger charge is -2.08. The zero-order valence-electron chi connectivity index (χ0n) is 18.1. The standard InChI is InChI=1S/C25H25N5O2/c1-30(2)10-6-9-21-20-14-26-29-25(32)19-11-16(12-22(28-21)23(19)20)27-24(31)18-13-17(18)15-7-4-3-5-8-15/h3-9,11-12,14,17-18,28H,10,13H2,1-2H3,(H,27,31)(H,29,32). The van der Waals surface area contributed by atoms with Crippen LogP contribution >= 0.6 is 0 Å². The van der Waals surface area contributed by atoms with Gasteiger partial charge in [0.1, 0.15) is 0 Å². The van der Waals surface area contributed by atoms with E-state index in [0.29, 0.717) is 11.3 Å². The second kappa shape index (κ2) is 8.09. The van der Waals surface area contributed by atoms with Crippen LogP contribution in [0.1, 0.15) is 39.5 Å². The second-order valence-corrected chi connectivity index (χ2v) is 8.61. The Balaban J connectivity index is 1.44. The van der Waals surface area contributed by atoms with E-state index >= 15 is 0 Å². The van der Waals surface area contributed by atoms with Gasteiger partial charge < -0.3 is 15.2 Å². The molecule has 1 fully saturated rings. The number of hydrazone groups is 1. The van der Waals surface area contributed by atoms with Gasteiger partial charge in [-0.2, -0.15) is 5.10 Å². The number of likely N-dealkylation sites (N-methyl/N-ethyl adjacent to an activating group) is 1. The molecular formula is C25H25N5O2. The minimum absolute atomic E-state index is 0.0198. The summed E-state index contributed by atoms with van der Waals surface area (Å²) in [6.45, 7) is 0.793. The molecule has 162 valence electrons. The number of hydrogen-bond donors (Lipinski definition) is 3. The molecule has 1 aliphatic heterocycles. The van der Waals surface area contributed by atoms with Crippen LogP contribution in [0.2, 0.25) is 0 Å². The van der Waals surface area contributed by atoms with E-state index < -0.39 is 0 Å². The van der Waals surface area contributed by atoms with Gasteiger partial charge in [-0.25, -0.2) is 5.43 Å². The third-order valence-electron chi connectivity index (χ3n) is 5.95. The summed E-state index contributed by atoms with van der Waals surface area (Å²) < 4.78 is 0. The first-order valence-electron chi connectivity index (χ1n) is 10.7. The summed E-state index contributed by atoms with van der Waals surface area (Å²) in [5.41, 5.74) is 7.35. The molecule has 2 amide bonds. The van der Waals surface area contributed by atoms with E-state index in [-0.39, 0.29) is 23.7 Å². The Kier molecular flexibility index (Phi) is 5.11. The molecule has 0 spiro atoms. The minimum Gasteiger partial charge on any atom is -0.354 e. The molecule has 1 aromatic heterocycles. The van der Waals surface area contributed by atoms with Crippen LogP contribution in [-0.4, -0.2) is 48.6 Å². The van der Waals surface area contributed by atoms with Crippen molar-refractivity contribution in [1.82, 2.24) is 15.3 Å². The predicted octanol–water partition coefficient (Wildman–Crippen LogP) is 3.56. The van der Waals surface area contributed by atoms with Crippen LogP contribution in [0.15, 0.2) is 53.6 Å². The van der Waals surface area contributed by atoms with Crippen molar-refractivity contribution in [3.05, 3.63) is 70.9 Å². The lowest BCUT2D eigenvalue weighted by atomic mass is 10.0. The van der Waals surface area contributed by atoms with Gasteiger partial charge in [-0.15, -0.1) is 0 Å². The summed E-state index contributed by atoms with van der Waals surface area (Å²) in [5.74, 6) is -0.108. The SMILES string of the molecule is CN(C)CC=Cc1[nH]c2cc(NC(=O)C3CC3c3ccccc3)cc3c2c1C=NNC3=O.